The molecule has 1 aromatic rings. The van der Waals surface area contributed by atoms with Gasteiger partial charge in [-0.15, -0.1) is 0 Å². The molecule has 0 saturated heterocycles. The standard InChI is InChI=1S/C18H26N2O2/c1-5-19(6-2)16(21)18(3,4)17(22)20-12-11-14-9-7-8-10-15(14)13-20/h7-10H,5-6,11-13H2,1-4H3. The largest absolute Gasteiger partial charge is 0.342 e. The second kappa shape index (κ2) is 6.51. The van der Waals surface area contributed by atoms with Crippen molar-refractivity contribution in [1.82, 2.24) is 9.80 Å². The number of benzene rings is 1. The van der Waals surface area contributed by atoms with Crippen molar-refractivity contribution < 1.29 is 9.59 Å². The Bertz CT molecular complexity index is 562. The molecule has 4 nitrogen and oxygen atoms in total. The summed E-state index contributed by atoms with van der Waals surface area (Å²) in [5, 5.41) is 0. The van der Waals surface area contributed by atoms with Crippen molar-refractivity contribution in [2.24, 2.45) is 5.41 Å². The van der Waals surface area contributed by atoms with Gasteiger partial charge >= 0.3 is 0 Å². The average molecular weight is 302 g/mol. The molecule has 0 saturated carbocycles. The summed E-state index contributed by atoms with van der Waals surface area (Å²) in [7, 11) is 0. The van der Waals surface area contributed by atoms with E-state index in [0.29, 0.717) is 26.2 Å². The fourth-order valence-corrected chi connectivity index (χ4v) is 3.06. The number of nitrogens with zero attached hydrogens (tertiary/aromatic N) is 2. The molecule has 0 N–H and O–H groups in total. The Balaban J connectivity index is 2.16. The third-order valence-corrected chi connectivity index (χ3v) is 4.54. The maximum atomic E-state index is 12.9. The van der Waals surface area contributed by atoms with Gasteiger partial charge in [-0.25, -0.2) is 0 Å². The van der Waals surface area contributed by atoms with Gasteiger partial charge in [-0.3, -0.25) is 9.59 Å². The Hall–Kier alpha value is -1.84. The second-order valence-corrected chi connectivity index (χ2v) is 6.35. The van der Waals surface area contributed by atoms with Crippen LogP contribution in [0.15, 0.2) is 24.3 Å². The molecule has 22 heavy (non-hydrogen) atoms. The van der Waals surface area contributed by atoms with E-state index in [1.54, 1.807) is 18.7 Å². The van der Waals surface area contributed by atoms with Crippen LogP contribution in [0.2, 0.25) is 0 Å². The summed E-state index contributed by atoms with van der Waals surface area (Å²) >= 11 is 0. The number of carbonyl (C=O) groups is 2. The molecule has 4 heteroatoms. The van der Waals surface area contributed by atoms with E-state index in [-0.39, 0.29) is 11.8 Å². The minimum atomic E-state index is -1.00. The molecule has 0 aromatic heterocycles. The van der Waals surface area contributed by atoms with E-state index >= 15 is 0 Å². The first-order valence-electron chi connectivity index (χ1n) is 8.07. The molecule has 120 valence electrons. The van der Waals surface area contributed by atoms with Crippen molar-refractivity contribution in [2.75, 3.05) is 19.6 Å². The van der Waals surface area contributed by atoms with Crippen LogP contribution in [0.1, 0.15) is 38.8 Å². The van der Waals surface area contributed by atoms with Crippen LogP contribution < -0.4 is 0 Å². The molecule has 2 amide bonds. The second-order valence-electron chi connectivity index (χ2n) is 6.35. The van der Waals surface area contributed by atoms with Crippen LogP contribution in [0, 0.1) is 5.41 Å². The minimum Gasteiger partial charge on any atom is -0.342 e. The Morgan fingerprint density at radius 2 is 1.73 bits per heavy atom. The summed E-state index contributed by atoms with van der Waals surface area (Å²) in [6.07, 6.45) is 0.859. The highest BCUT2D eigenvalue weighted by atomic mass is 16.2. The number of hydrogen-bond acceptors (Lipinski definition) is 2. The summed E-state index contributed by atoms with van der Waals surface area (Å²) in [4.78, 5) is 29.1. The highest BCUT2D eigenvalue weighted by molar-refractivity contribution is 6.04. The molecule has 0 bridgehead atoms. The maximum absolute atomic E-state index is 12.9. The molecule has 0 fully saturated rings. The Morgan fingerprint density at radius 1 is 1.14 bits per heavy atom. The molecule has 1 aliphatic heterocycles. The van der Waals surface area contributed by atoms with Crippen LogP contribution in [0.5, 0.6) is 0 Å². The normalized spacial score (nSPS) is 14.5. The van der Waals surface area contributed by atoms with Gasteiger partial charge in [-0.05, 0) is 45.2 Å². The van der Waals surface area contributed by atoms with Crippen LogP contribution in [0.4, 0.5) is 0 Å². The molecule has 1 aromatic carbocycles. The number of carbonyl (C=O) groups excluding carboxylic acids is 2. The smallest absolute Gasteiger partial charge is 0.238 e. The van der Waals surface area contributed by atoms with Crippen molar-refractivity contribution in [1.29, 1.82) is 0 Å². The van der Waals surface area contributed by atoms with Crippen molar-refractivity contribution in [3.05, 3.63) is 35.4 Å². The van der Waals surface area contributed by atoms with Gasteiger partial charge in [0.15, 0.2) is 0 Å². The zero-order valence-electron chi connectivity index (χ0n) is 14.1. The molecule has 2 rings (SSSR count). The number of amides is 2. The van der Waals surface area contributed by atoms with Crippen molar-refractivity contribution in [2.45, 2.75) is 40.7 Å². The van der Waals surface area contributed by atoms with Crippen LogP contribution in [-0.2, 0) is 22.6 Å². The lowest BCUT2D eigenvalue weighted by Gasteiger charge is -2.36. The molecule has 0 unspecified atom stereocenters. The Labute approximate surface area is 133 Å². The molecule has 0 atom stereocenters. The third-order valence-electron chi connectivity index (χ3n) is 4.54. The molecular formula is C18H26N2O2. The van der Waals surface area contributed by atoms with Crippen LogP contribution >= 0.6 is 0 Å². The molecule has 0 aliphatic carbocycles. The van der Waals surface area contributed by atoms with Crippen molar-refractivity contribution in [3.8, 4) is 0 Å². The Morgan fingerprint density at radius 3 is 2.32 bits per heavy atom. The third kappa shape index (κ3) is 3.01. The van der Waals surface area contributed by atoms with E-state index in [1.807, 2.05) is 30.9 Å². The van der Waals surface area contributed by atoms with E-state index in [2.05, 4.69) is 12.1 Å². The van der Waals surface area contributed by atoms with E-state index in [4.69, 9.17) is 0 Å². The van der Waals surface area contributed by atoms with E-state index in [1.165, 1.54) is 11.1 Å². The summed E-state index contributed by atoms with van der Waals surface area (Å²) in [5.41, 5.74) is 1.49. The summed E-state index contributed by atoms with van der Waals surface area (Å²) in [6.45, 7) is 9.93. The van der Waals surface area contributed by atoms with Gasteiger partial charge in [0.1, 0.15) is 5.41 Å². The molecule has 0 radical (unpaired) electrons. The SMILES string of the molecule is CCN(CC)C(=O)C(C)(C)C(=O)N1CCc2ccccc2C1. The minimum absolute atomic E-state index is 0.0705. The van der Waals surface area contributed by atoms with Gasteiger partial charge in [0.2, 0.25) is 11.8 Å². The average Bonchev–Trinajstić information content (AvgIpc) is 2.54. The zero-order valence-corrected chi connectivity index (χ0v) is 14.1. The summed E-state index contributed by atoms with van der Waals surface area (Å²) in [5.74, 6) is -0.153. The molecule has 0 spiro atoms. The molecule has 1 heterocycles. The lowest BCUT2D eigenvalue weighted by molar-refractivity contribution is -0.154. The van der Waals surface area contributed by atoms with Crippen molar-refractivity contribution in [3.63, 3.8) is 0 Å². The fourth-order valence-electron chi connectivity index (χ4n) is 3.06. The topological polar surface area (TPSA) is 40.6 Å². The quantitative estimate of drug-likeness (QED) is 0.802. The van der Waals surface area contributed by atoms with Crippen LogP contribution in [0.25, 0.3) is 0 Å². The maximum Gasteiger partial charge on any atom is 0.238 e. The van der Waals surface area contributed by atoms with E-state index in [9.17, 15) is 9.59 Å². The number of hydrogen-bond donors (Lipinski definition) is 0. The first kappa shape index (κ1) is 16.5. The van der Waals surface area contributed by atoms with Gasteiger partial charge in [0.05, 0.1) is 0 Å². The fraction of sp³-hybridized carbons (Fsp3) is 0.556. The van der Waals surface area contributed by atoms with Crippen LogP contribution in [-0.4, -0.2) is 41.2 Å². The lowest BCUT2D eigenvalue weighted by atomic mass is 9.88. The van der Waals surface area contributed by atoms with Crippen LogP contribution in [0.3, 0.4) is 0 Å². The Kier molecular flexibility index (Phi) is 4.89. The summed E-state index contributed by atoms with van der Waals surface area (Å²) in [6, 6.07) is 8.21. The lowest BCUT2D eigenvalue weighted by Crippen LogP contribution is -2.51. The van der Waals surface area contributed by atoms with Gasteiger partial charge in [-0.1, -0.05) is 24.3 Å². The zero-order chi connectivity index (χ0) is 16.3. The first-order valence-corrected chi connectivity index (χ1v) is 8.07. The number of fused-ring (bicyclic) bond motifs is 1. The van der Waals surface area contributed by atoms with E-state index < -0.39 is 5.41 Å². The predicted octanol–water partition coefficient (Wildman–Crippen LogP) is 2.47. The van der Waals surface area contributed by atoms with Gasteiger partial charge in [0.25, 0.3) is 0 Å². The summed E-state index contributed by atoms with van der Waals surface area (Å²) < 4.78 is 0. The predicted molar refractivity (Wildman–Crippen MR) is 87.3 cm³/mol. The van der Waals surface area contributed by atoms with Gasteiger partial charge < -0.3 is 9.80 Å². The number of rotatable bonds is 4. The van der Waals surface area contributed by atoms with Crippen molar-refractivity contribution >= 4 is 11.8 Å². The highest BCUT2D eigenvalue weighted by Gasteiger charge is 2.41. The monoisotopic (exact) mass is 302 g/mol. The first-order chi connectivity index (χ1) is 10.4. The highest BCUT2D eigenvalue weighted by Crippen LogP contribution is 2.26. The molecule has 1 aliphatic rings. The van der Waals surface area contributed by atoms with Gasteiger partial charge in [-0.2, -0.15) is 0 Å². The molecular weight excluding hydrogens is 276 g/mol. The van der Waals surface area contributed by atoms with Gasteiger partial charge in [0, 0.05) is 26.2 Å². The van der Waals surface area contributed by atoms with E-state index in [0.717, 1.165) is 6.42 Å².